The fourth-order valence-electron chi connectivity index (χ4n) is 3.55. The summed E-state index contributed by atoms with van der Waals surface area (Å²) in [5, 5.41) is 3.38. The van der Waals surface area contributed by atoms with Crippen molar-refractivity contribution in [3.63, 3.8) is 0 Å². The summed E-state index contributed by atoms with van der Waals surface area (Å²) in [4.78, 5) is 25.1. The summed E-state index contributed by atoms with van der Waals surface area (Å²) in [6.07, 6.45) is 4.47. The number of rotatable bonds is 8. The molecular weight excluding hydrogens is 467 g/mol. The standard InChI is InChI=1S/C20H34N6O.HI/c1-4-22-20(26-11-7-8-16(15-26)12-18(21)27)24-14-17-9-10-19(23-13-17)25(5-2)6-3;/h9-10,13,16H,4-8,11-12,14-15H2,1-3H3,(H2,21,27)(H,22,24);1H. The minimum atomic E-state index is -0.219. The molecule has 1 atom stereocenters. The van der Waals surface area contributed by atoms with Crippen molar-refractivity contribution in [2.45, 2.75) is 46.6 Å². The van der Waals surface area contributed by atoms with Crippen molar-refractivity contribution in [1.29, 1.82) is 0 Å². The Morgan fingerprint density at radius 1 is 1.36 bits per heavy atom. The van der Waals surface area contributed by atoms with Gasteiger partial charge in [-0.2, -0.15) is 0 Å². The number of hydrogen-bond acceptors (Lipinski definition) is 4. The molecule has 1 unspecified atom stereocenters. The van der Waals surface area contributed by atoms with E-state index in [4.69, 9.17) is 10.7 Å². The molecule has 28 heavy (non-hydrogen) atoms. The maximum absolute atomic E-state index is 11.2. The van der Waals surface area contributed by atoms with Crippen molar-refractivity contribution in [2.75, 3.05) is 37.6 Å². The van der Waals surface area contributed by atoms with E-state index in [2.05, 4.69) is 53.0 Å². The van der Waals surface area contributed by atoms with Crippen LogP contribution in [0.15, 0.2) is 23.3 Å². The lowest BCUT2D eigenvalue weighted by molar-refractivity contribution is -0.119. The minimum Gasteiger partial charge on any atom is -0.370 e. The van der Waals surface area contributed by atoms with Gasteiger partial charge in [0.15, 0.2) is 5.96 Å². The van der Waals surface area contributed by atoms with Crippen LogP contribution in [0.25, 0.3) is 0 Å². The normalized spacial score (nSPS) is 17.0. The van der Waals surface area contributed by atoms with Crippen molar-refractivity contribution < 1.29 is 4.79 Å². The van der Waals surface area contributed by atoms with Gasteiger partial charge in [-0.3, -0.25) is 4.79 Å². The molecular formula is C20H35IN6O. The molecule has 0 spiro atoms. The van der Waals surface area contributed by atoms with E-state index in [0.29, 0.717) is 18.9 Å². The summed E-state index contributed by atoms with van der Waals surface area (Å²) >= 11 is 0. The average Bonchev–Trinajstić information content (AvgIpc) is 2.67. The van der Waals surface area contributed by atoms with Crippen LogP contribution in [0.2, 0.25) is 0 Å². The van der Waals surface area contributed by atoms with Gasteiger partial charge in [0.2, 0.25) is 5.91 Å². The highest BCUT2D eigenvalue weighted by atomic mass is 127. The molecule has 3 N–H and O–H groups in total. The monoisotopic (exact) mass is 502 g/mol. The van der Waals surface area contributed by atoms with Gasteiger partial charge in [-0.1, -0.05) is 6.07 Å². The van der Waals surface area contributed by atoms with Gasteiger partial charge in [0.05, 0.1) is 6.54 Å². The molecule has 1 aromatic heterocycles. The molecule has 0 aliphatic carbocycles. The van der Waals surface area contributed by atoms with Crippen LogP contribution in [-0.2, 0) is 11.3 Å². The largest absolute Gasteiger partial charge is 0.370 e. The first-order valence-corrected chi connectivity index (χ1v) is 10.1. The van der Waals surface area contributed by atoms with Gasteiger partial charge in [0.25, 0.3) is 0 Å². The Morgan fingerprint density at radius 2 is 2.11 bits per heavy atom. The molecule has 8 heteroatoms. The summed E-state index contributed by atoms with van der Waals surface area (Å²) in [7, 11) is 0. The molecule has 1 aliphatic rings. The summed E-state index contributed by atoms with van der Waals surface area (Å²) in [5.74, 6) is 2.00. The predicted molar refractivity (Wildman–Crippen MR) is 126 cm³/mol. The van der Waals surface area contributed by atoms with Gasteiger partial charge >= 0.3 is 0 Å². The number of halogens is 1. The molecule has 7 nitrogen and oxygen atoms in total. The zero-order valence-corrected chi connectivity index (χ0v) is 19.7. The molecule has 2 heterocycles. The molecule has 0 aromatic carbocycles. The smallest absolute Gasteiger partial charge is 0.217 e. The number of aliphatic imine (C=N–C) groups is 1. The molecule has 1 fully saturated rings. The van der Waals surface area contributed by atoms with E-state index in [1.807, 2.05) is 6.20 Å². The third-order valence-corrected chi connectivity index (χ3v) is 4.95. The molecule has 158 valence electrons. The Kier molecular flexibility index (Phi) is 11.2. The van der Waals surface area contributed by atoms with Crippen molar-refractivity contribution in [1.82, 2.24) is 15.2 Å². The maximum Gasteiger partial charge on any atom is 0.217 e. The van der Waals surface area contributed by atoms with Crippen molar-refractivity contribution in [3.05, 3.63) is 23.9 Å². The Morgan fingerprint density at radius 3 is 2.68 bits per heavy atom. The number of aromatic nitrogens is 1. The number of amides is 1. The van der Waals surface area contributed by atoms with Crippen LogP contribution < -0.4 is 16.0 Å². The lowest BCUT2D eigenvalue weighted by Crippen LogP contribution is -2.47. The second kappa shape index (κ2) is 12.8. The minimum absolute atomic E-state index is 0. The third-order valence-electron chi connectivity index (χ3n) is 4.95. The van der Waals surface area contributed by atoms with Crippen LogP contribution >= 0.6 is 24.0 Å². The predicted octanol–water partition coefficient (Wildman–Crippen LogP) is 2.60. The van der Waals surface area contributed by atoms with Gasteiger partial charge in [0.1, 0.15) is 5.82 Å². The molecule has 1 aromatic rings. The second-order valence-electron chi connectivity index (χ2n) is 6.99. The first kappa shape index (κ1) is 24.5. The number of pyridine rings is 1. The zero-order valence-electron chi connectivity index (χ0n) is 17.4. The molecule has 0 radical (unpaired) electrons. The van der Waals surface area contributed by atoms with E-state index >= 15 is 0 Å². The zero-order chi connectivity index (χ0) is 19.6. The van der Waals surface area contributed by atoms with E-state index in [1.54, 1.807) is 0 Å². The van der Waals surface area contributed by atoms with Gasteiger partial charge in [0, 0.05) is 45.3 Å². The Labute approximate surface area is 186 Å². The highest BCUT2D eigenvalue weighted by molar-refractivity contribution is 14.0. The Bertz CT molecular complexity index is 618. The Balaban J connectivity index is 0.00000392. The lowest BCUT2D eigenvalue weighted by Gasteiger charge is -2.34. The number of carbonyl (C=O) groups excluding carboxylic acids is 1. The van der Waals surface area contributed by atoms with Crippen LogP contribution in [-0.4, -0.2) is 54.5 Å². The number of primary amides is 1. The lowest BCUT2D eigenvalue weighted by atomic mass is 9.95. The third kappa shape index (κ3) is 7.44. The van der Waals surface area contributed by atoms with Crippen LogP contribution in [0.3, 0.4) is 0 Å². The van der Waals surface area contributed by atoms with Gasteiger partial charge in [-0.15, -0.1) is 24.0 Å². The van der Waals surface area contributed by atoms with Gasteiger partial charge in [-0.25, -0.2) is 9.98 Å². The van der Waals surface area contributed by atoms with Crippen LogP contribution in [0.1, 0.15) is 45.6 Å². The summed E-state index contributed by atoms with van der Waals surface area (Å²) in [6.45, 7) is 11.4. The fourth-order valence-corrected chi connectivity index (χ4v) is 3.55. The number of nitrogens with one attached hydrogen (secondary N) is 1. The van der Waals surface area contributed by atoms with E-state index in [0.717, 1.165) is 62.9 Å². The highest BCUT2D eigenvalue weighted by Gasteiger charge is 2.23. The SMILES string of the molecule is CCNC(=NCc1ccc(N(CC)CC)nc1)N1CCCC(CC(N)=O)C1.I. The summed E-state index contributed by atoms with van der Waals surface area (Å²) in [6, 6.07) is 4.16. The maximum atomic E-state index is 11.2. The van der Waals surface area contributed by atoms with E-state index < -0.39 is 0 Å². The number of nitrogens with two attached hydrogens (primary N) is 1. The molecule has 1 aliphatic heterocycles. The van der Waals surface area contributed by atoms with E-state index in [9.17, 15) is 4.79 Å². The molecule has 0 bridgehead atoms. The molecule has 1 amide bonds. The van der Waals surface area contributed by atoms with Crippen molar-refractivity contribution >= 4 is 41.7 Å². The van der Waals surface area contributed by atoms with Crippen molar-refractivity contribution in [3.8, 4) is 0 Å². The van der Waals surface area contributed by atoms with Crippen LogP contribution in [0, 0.1) is 5.92 Å². The average molecular weight is 502 g/mol. The van der Waals surface area contributed by atoms with E-state index in [-0.39, 0.29) is 29.9 Å². The number of piperidine rings is 1. The quantitative estimate of drug-likeness (QED) is 0.324. The number of hydrogen-bond donors (Lipinski definition) is 2. The highest BCUT2D eigenvalue weighted by Crippen LogP contribution is 2.19. The number of carbonyl (C=O) groups is 1. The molecule has 2 rings (SSSR count). The summed E-state index contributed by atoms with van der Waals surface area (Å²) < 4.78 is 0. The number of anilines is 1. The number of guanidine groups is 1. The first-order chi connectivity index (χ1) is 13.1. The second-order valence-corrected chi connectivity index (χ2v) is 6.99. The first-order valence-electron chi connectivity index (χ1n) is 10.1. The van der Waals surface area contributed by atoms with Crippen LogP contribution in [0.4, 0.5) is 5.82 Å². The van der Waals surface area contributed by atoms with E-state index in [1.165, 1.54) is 0 Å². The molecule has 0 saturated carbocycles. The fraction of sp³-hybridized carbons (Fsp3) is 0.650. The summed E-state index contributed by atoms with van der Waals surface area (Å²) in [5.41, 5.74) is 6.47. The Hall–Kier alpha value is -1.58. The van der Waals surface area contributed by atoms with Gasteiger partial charge in [-0.05, 0) is 51.2 Å². The number of likely N-dealkylation sites (tertiary alicyclic amines) is 1. The topological polar surface area (TPSA) is 86.8 Å². The van der Waals surface area contributed by atoms with Gasteiger partial charge < -0.3 is 20.9 Å². The molecule has 1 saturated heterocycles. The van der Waals surface area contributed by atoms with Crippen LogP contribution in [0.5, 0.6) is 0 Å². The number of nitrogens with zero attached hydrogens (tertiary/aromatic N) is 4. The van der Waals surface area contributed by atoms with Crippen molar-refractivity contribution in [2.24, 2.45) is 16.6 Å².